The number of benzene rings is 1. The zero-order valence-electron chi connectivity index (χ0n) is 17.1. The van der Waals surface area contributed by atoms with Crippen molar-refractivity contribution in [3.8, 4) is 11.5 Å². The lowest BCUT2D eigenvalue weighted by molar-refractivity contribution is 0.0746. The third-order valence-electron chi connectivity index (χ3n) is 4.69. The maximum atomic E-state index is 13.0. The molecule has 0 saturated carbocycles. The summed E-state index contributed by atoms with van der Waals surface area (Å²) >= 11 is 18.6. The zero-order chi connectivity index (χ0) is 21.8. The summed E-state index contributed by atoms with van der Waals surface area (Å²) in [6.07, 6.45) is 1.57. The molecular weight excluding hydrogens is 449 g/mol. The van der Waals surface area contributed by atoms with E-state index in [1.54, 1.807) is 29.3 Å². The molecule has 1 aliphatic rings. The van der Waals surface area contributed by atoms with Crippen molar-refractivity contribution in [2.45, 2.75) is 13.8 Å². The van der Waals surface area contributed by atoms with E-state index < -0.39 is 0 Å². The lowest BCUT2D eigenvalue weighted by Crippen LogP contribution is -2.49. The molecule has 9 heteroatoms. The van der Waals surface area contributed by atoms with Crippen molar-refractivity contribution in [2.24, 2.45) is 5.92 Å². The molecule has 0 atom stereocenters. The number of carbonyl (C=O) groups is 1. The average molecular weight is 473 g/mol. The minimum absolute atomic E-state index is 0.111. The van der Waals surface area contributed by atoms with Gasteiger partial charge in [-0.15, -0.1) is 0 Å². The average Bonchev–Trinajstić information content (AvgIpc) is 2.72. The Balaban J connectivity index is 1.71. The van der Waals surface area contributed by atoms with Crippen LogP contribution < -0.4 is 14.4 Å². The van der Waals surface area contributed by atoms with Crippen LogP contribution in [0.5, 0.6) is 11.5 Å². The van der Waals surface area contributed by atoms with Crippen LogP contribution >= 0.6 is 34.8 Å². The number of hydrogen-bond acceptors (Lipinski definition) is 5. The number of anilines is 1. The fraction of sp³-hybridized carbons (Fsp3) is 0.429. The highest BCUT2D eigenvalue weighted by molar-refractivity contribution is 6.36. The third kappa shape index (κ3) is 5.23. The molecule has 0 N–H and O–H groups in total. The van der Waals surface area contributed by atoms with Gasteiger partial charge in [-0.1, -0.05) is 48.7 Å². The molecular formula is C21H24Cl3N3O3. The van der Waals surface area contributed by atoms with Crippen molar-refractivity contribution in [3.05, 3.63) is 45.0 Å². The number of nitrogens with zero attached hydrogens (tertiary/aromatic N) is 3. The van der Waals surface area contributed by atoms with Crippen LogP contribution in [0.4, 0.5) is 5.82 Å². The van der Waals surface area contributed by atoms with Gasteiger partial charge < -0.3 is 19.3 Å². The summed E-state index contributed by atoms with van der Waals surface area (Å²) < 4.78 is 11.2. The van der Waals surface area contributed by atoms with Crippen LogP contribution in [0.15, 0.2) is 24.4 Å². The van der Waals surface area contributed by atoms with Gasteiger partial charge in [0, 0.05) is 37.9 Å². The second kappa shape index (κ2) is 9.94. The highest BCUT2D eigenvalue weighted by Crippen LogP contribution is 2.37. The van der Waals surface area contributed by atoms with E-state index in [9.17, 15) is 4.79 Å². The Hall–Kier alpha value is -1.89. The molecule has 1 fully saturated rings. The molecule has 0 bridgehead atoms. The summed E-state index contributed by atoms with van der Waals surface area (Å²) in [6, 6.07) is 4.97. The Morgan fingerprint density at radius 1 is 1.10 bits per heavy atom. The Bertz CT molecular complexity index is 916. The predicted octanol–water partition coefficient (Wildman–Crippen LogP) is 5.05. The van der Waals surface area contributed by atoms with E-state index in [1.165, 1.54) is 7.11 Å². The van der Waals surface area contributed by atoms with Gasteiger partial charge in [-0.2, -0.15) is 0 Å². The monoisotopic (exact) mass is 471 g/mol. The molecule has 6 nitrogen and oxygen atoms in total. The number of ether oxygens (including phenoxy) is 2. The van der Waals surface area contributed by atoms with Crippen molar-refractivity contribution < 1.29 is 14.3 Å². The number of pyridine rings is 1. The Morgan fingerprint density at radius 2 is 1.80 bits per heavy atom. The molecule has 1 amide bonds. The zero-order valence-corrected chi connectivity index (χ0v) is 19.4. The second-order valence-corrected chi connectivity index (χ2v) is 8.68. The first kappa shape index (κ1) is 22.8. The fourth-order valence-electron chi connectivity index (χ4n) is 3.18. The fourth-order valence-corrected chi connectivity index (χ4v) is 3.94. The minimum atomic E-state index is -0.111. The molecule has 0 radical (unpaired) electrons. The van der Waals surface area contributed by atoms with Crippen LogP contribution in [0.2, 0.25) is 15.1 Å². The van der Waals surface area contributed by atoms with E-state index in [0.29, 0.717) is 76.7 Å². The summed E-state index contributed by atoms with van der Waals surface area (Å²) in [5.41, 5.74) is 0.463. The molecule has 162 valence electrons. The SMILES string of the molecule is COc1cc(C(=O)N2CCN(c3ncc(Cl)cc3Cl)CC2)cc(Cl)c1OCC(C)C. The lowest BCUT2D eigenvalue weighted by Gasteiger charge is -2.35. The molecule has 1 saturated heterocycles. The summed E-state index contributed by atoms with van der Waals surface area (Å²) in [4.78, 5) is 21.2. The Morgan fingerprint density at radius 3 is 2.40 bits per heavy atom. The van der Waals surface area contributed by atoms with Gasteiger partial charge in [-0.05, 0) is 24.1 Å². The first-order chi connectivity index (χ1) is 14.3. The number of hydrogen-bond donors (Lipinski definition) is 0. The van der Waals surface area contributed by atoms with E-state index in [0.717, 1.165) is 0 Å². The standard InChI is InChI=1S/C21H24Cl3N3O3/c1-13(2)12-30-19-16(23)8-14(9-18(19)29-3)21(28)27-6-4-26(5-7-27)20-17(24)10-15(22)11-25-20/h8-11,13H,4-7,12H2,1-3H3. The third-order valence-corrected chi connectivity index (χ3v) is 5.46. The van der Waals surface area contributed by atoms with Crippen LogP contribution in [-0.2, 0) is 0 Å². The molecule has 2 aromatic rings. The van der Waals surface area contributed by atoms with Gasteiger partial charge in [0.25, 0.3) is 5.91 Å². The first-order valence-corrected chi connectivity index (χ1v) is 10.8. The highest BCUT2D eigenvalue weighted by atomic mass is 35.5. The summed E-state index contributed by atoms with van der Waals surface area (Å²) in [6.45, 7) is 6.89. The predicted molar refractivity (Wildman–Crippen MR) is 121 cm³/mol. The van der Waals surface area contributed by atoms with Crippen molar-refractivity contribution in [1.82, 2.24) is 9.88 Å². The second-order valence-electron chi connectivity index (χ2n) is 7.43. The van der Waals surface area contributed by atoms with E-state index >= 15 is 0 Å². The van der Waals surface area contributed by atoms with Gasteiger partial charge >= 0.3 is 0 Å². The van der Waals surface area contributed by atoms with E-state index in [2.05, 4.69) is 4.98 Å². The summed E-state index contributed by atoms with van der Waals surface area (Å²) in [5.74, 6) is 1.80. The molecule has 3 rings (SSSR count). The largest absolute Gasteiger partial charge is 0.493 e. The number of amides is 1. The van der Waals surface area contributed by atoms with Crippen molar-refractivity contribution >= 4 is 46.5 Å². The number of rotatable bonds is 6. The smallest absolute Gasteiger partial charge is 0.254 e. The quantitative estimate of drug-likeness (QED) is 0.589. The number of halogens is 3. The van der Waals surface area contributed by atoms with Gasteiger partial charge in [0.2, 0.25) is 0 Å². The van der Waals surface area contributed by atoms with Gasteiger partial charge in [-0.3, -0.25) is 4.79 Å². The van der Waals surface area contributed by atoms with Gasteiger partial charge in [-0.25, -0.2) is 4.98 Å². The number of aromatic nitrogens is 1. The van der Waals surface area contributed by atoms with Gasteiger partial charge in [0.05, 0.1) is 28.8 Å². The molecule has 0 spiro atoms. The van der Waals surface area contributed by atoms with Crippen LogP contribution in [-0.4, -0.2) is 55.7 Å². The van der Waals surface area contributed by atoms with Crippen molar-refractivity contribution in [3.63, 3.8) is 0 Å². The van der Waals surface area contributed by atoms with Crippen LogP contribution in [0.3, 0.4) is 0 Å². The molecule has 1 aromatic heterocycles. The summed E-state index contributed by atoms with van der Waals surface area (Å²) in [5, 5.41) is 1.34. The number of piperazine rings is 1. The molecule has 0 aliphatic carbocycles. The Kier molecular flexibility index (Phi) is 7.55. The van der Waals surface area contributed by atoms with Crippen LogP contribution in [0, 0.1) is 5.92 Å². The molecule has 1 aromatic carbocycles. The van der Waals surface area contributed by atoms with Crippen LogP contribution in [0.1, 0.15) is 24.2 Å². The normalized spacial score (nSPS) is 14.2. The lowest BCUT2D eigenvalue weighted by atomic mass is 10.1. The van der Waals surface area contributed by atoms with E-state index in [-0.39, 0.29) is 5.91 Å². The molecule has 0 unspecified atom stereocenters. The molecule has 30 heavy (non-hydrogen) atoms. The minimum Gasteiger partial charge on any atom is -0.493 e. The number of methoxy groups -OCH3 is 1. The summed E-state index contributed by atoms with van der Waals surface area (Å²) in [7, 11) is 1.53. The van der Waals surface area contributed by atoms with Gasteiger partial charge in [0.1, 0.15) is 5.82 Å². The van der Waals surface area contributed by atoms with Crippen molar-refractivity contribution in [1.29, 1.82) is 0 Å². The van der Waals surface area contributed by atoms with E-state index in [1.807, 2.05) is 18.7 Å². The maximum Gasteiger partial charge on any atom is 0.254 e. The van der Waals surface area contributed by atoms with Crippen LogP contribution in [0.25, 0.3) is 0 Å². The van der Waals surface area contributed by atoms with Gasteiger partial charge in [0.15, 0.2) is 11.5 Å². The first-order valence-electron chi connectivity index (χ1n) is 9.65. The Labute approximate surface area is 191 Å². The maximum absolute atomic E-state index is 13.0. The number of carbonyl (C=O) groups excluding carboxylic acids is 1. The van der Waals surface area contributed by atoms with Crippen molar-refractivity contribution in [2.75, 3.05) is 44.8 Å². The topological polar surface area (TPSA) is 54.9 Å². The van der Waals surface area contributed by atoms with E-state index in [4.69, 9.17) is 44.3 Å². The highest BCUT2D eigenvalue weighted by Gasteiger charge is 2.26. The molecule has 2 heterocycles. The molecule has 1 aliphatic heterocycles.